The van der Waals surface area contributed by atoms with Crippen LogP contribution in [-0.2, 0) is 12.3 Å². The van der Waals surface area contributed by atoms with Crippen molar-refractivity contribution < 1.29 is 27.5 Å². The number of halogens is 5. The Hall–Kier alpha value is -1.83. The number of nitrogens with zero attached hydrogens (tertiary/aromatic N) is 2. The van der Waals surface area contributed by atoms with E-state index in [1.807, 2.05) is 0 Å². The number of aromatic carboxylic acids is 1. The van der Waals surface area contributed by atoms with Crippen LogP contribution in [0, 0.1) is 12.8 Å². The quantitative estimate of drug-likeness (QED) is 0.684. The zero-order valence-corrected chi connectivity index (χ0v) is 15.6. The van der Waals surface area contributed by atoms with Gasteiger partial charge in [0, 0.05) is 25.5 Å². The van der Waals surface area contributed by atoms with Crippen molar-refractivity contribution >= 4 is 23.2 Å². The molecule has 1 aliphatic carbocycles. The molecule has 1 fully saturated rings. The minimum atomic E-state index is -3.26. The number of hydrogen-bond acceptors (Lipinski definition) is 2. The van der Waals surface area contributed by atoms with Crippen molar-refractivity contribution in [1.82, 2.24) is 9.38 Å². The van der Waals surface area contributed by atoms with Gasteiger partial charge in [0.15, 0.2) is 0 Å². The molecule has 27 heavy (non-hydrogen) atoms. The molecular weight excluding hydrogens is 388 g/mol. The Morgan fingerprint density at radius 2 is 2.00 bits per heavy atom. The largest absolute Gasteiger partial charge is 0.478 e. The maximum atomic E-state index is 14.2. The second kappa shape index (κ2) is 6.65. The van der Waals surface area contributed by atoms with Crippen molar-refractivity contribution in [3.8, 4) is 0 Å². The highest BCUT2D eigenvalue weighted by molar-refractivity contribution is 6.34. The number of imidazole rings is 1. The molecule has 0 bridgehead atoms. The van der Waals surface area contributed by atoms with Gasteiger partial charge in [-0.3, -0.25) is 4.40 Å². The van der Waals surface area contributed by atoms with Crippen LogP contribution in [0.1, 0.15) is 60.0 Å². The number of carbonyl (C=O) groups is 1. The van der Waals surface area contributed by atoms with Gasteiger partial charge in [0.05, 0.1) is 16.3 Å². The molecule has 3 rings (SSSR count). The van der Waals surface area contributed by atoms with Crippen LogP contribution in [0.5, 0.6) is 0 Å². The maximum Gasteiger partial charge on any atom is 0.337 e. The number of hydrogen-bond donors (Lipinski definition) is 1. The van der Waals surface area contributed by atoms with Crippen LogP contribution in [-0.4, -0.2) is 26.4 Å². The van der Waals surface area contributed by atoms with Crippen molar-refractivity contribution in [2.75, 3.05) is 0 Å². The van der Waals surface area contributed by atoms with E-state index in [1.54, 1.807) is 0 Å². The number of fused-ring (bicyclic) bond motifs is 1. The second-order valence-corrected chi connectivity index (χ2v) is 7.63. The van der Waals surface area contributed by atoms with E-state index in [0.717, 1.165) is 6.07 Å². The molecule has 148 valence electrons. The first-order valence-corrected chi connectivity index (χ1v) is 8.98. The van der Waals surface area contributed by atoms with Gasteiger partial charge in [-0.1, -0.05) is 11.6 Å². The van der Waals surface area contributed by atoms with Crippen LogP contribution in [0.4, 0.5) is 17.6 Å². The lowest BCUT2D eigenvalue weighted by atomic mass is 9.83. The first-order chi connectivity index (χ1) is 12.4. The predicted octanol–water partition coefficient (Wildman–Crippen LogP) is 5.47. The summed E-state index contributed by atoms with van der Waals surface area (Å²) in [5.74, 6) is -7.43. The molecule has 0 saturated heterocycles. The zero-order chi connectivity index (χ0) is 20.1. The van der Waals surface area contributed by atoms with E-state index in [4.69, 9.17) is 11.6 Å². The van der Waals surface area contributed by atoms with Gasteiger partial charge in [-0.25, -0.2) is 18.6 Å². The summed E-state index contributed by atoms with van der Waals surface area (Å²) in [7, 11) is 0. The molecule has 0 aromatic carbocycles. The highest BCUT2D eigenvalue weighted by Gasteiger charge is 2.38. The highest BCUT2D eigenvalue weighted by atomic mass is 35.5. The summed E-state index contributed by atoms with van der Waals surface area (Å²) >= 11 is 6.13. The minimum Gasteiger partial charge on any atom is -0.478 e. The summed E-state index contributed by atoms with van der Waals surface area (Å²) in [6.07, 6.45) is 0.0772. The fourth-order valence-corrected chi connectivity index (χ4v) is 3.92. The molecule has 1 aliphatic rings. The van der Waals surface area contributed by atoms with Crippen molar-refractivity contribution in [2.45, 2.75) is 57.8 Å². The first kappa shape index (κ1) is 19.9. The van der Waals surface area contributed by atoms with Gasteiger partial charge in [0.2, 0.25) is 5.92 Å². The summed E-state index contributed by atoms with van der Waals surface area (Å²) in [6, 6.07) is 1.16. The monoisotopic (exact) mass is 406 g/mol. The summed E-state index contributed by atoms with van der Waals surface area (Å²) in [4.78, 5) is 15.3. The third kappa shape index (κ3) is 3.77. The molecule has 2 aromatic heterocycles. The molecule has 0 spiro atoms. The predicted molar refractivity (Wildman–Crippen MR) is 92.1 cm³/mol. The molecule has 4 nitrogen and oxygen atoms in total. The molecule has 0 radical (unpaired) electrons. The van der Waals surface area contributed by atoms with E-state index >= 15 is 0 Å². The molecule has 9 heteroatoms. The lowest BCUT2D eigenvalue weighted by molar-refractivity contribution is -0.0460. The normalized spacial score (nSPS) is 18.2. The fraction of sp³-hybridized carbons (Fsp3) is 0.556. The third-order valence-corrected chi connectivity index (χ3v) is 5.60. The fourth-order valence-electron chi connectivity index (χ4n) is 3.70. The van der Waals surface area contributed by atoms with Gasteiger partial charge < -0.3 is 5.11 Å². The Kier molecular flexibility index (Phi) is 4.91. The van der Waals surface area contributed by atoms with Gasteiger partial charge in [-0.15, -0.1) is 0 Å². The third-order valence-electron chi connectivity index (χ3n) is 5.13. The summed E-state index contributed by atoms with van der Waals surface area (Å²) in [6.45, 7) is 2.24. The minimum absolute atomic E-state index is 0.0574. The molecule has 0 amide bonds. The number of aryl methyl sites for hydroxylation is 1. The Morgan fingerprint density at radius 1 is 1.41 bits per heavy atom. The van der Waals surface area contributed by atoms with Crippen LogP contribution in [0.3, 0.4) is 0 Å². The van der Waals surface area contributed by atoms with Crippen molar-refractivity contribution in [3.05, 3.63) is 33.7 Å². The van der Waals surface area contributed by atoms with E-state index in [1.165, 1.54) is 11.3 Å². The van der Waals surface area contributed by atoms with Gasteiger partial charge >= 0.3 is 5.97 Å². The van der Waals surface area contributed by atoms with Crippen LogP contribution in [0.2, 0.25) is 5.02 Å². The highest BCUT2D eigenvalue weighted by Crippen LogP contribution is 2.40. The van der Waals surface area contributed by atoms with E-state index in [-0.39, 0.29) is 65.6 Å². The zero-order valence-electron chi connectivity index (χ0n) is 14.8. The summed E-state index contributed by atoms with van der Waals surface area (Å²) in [5.41, 5.74) is -0.153. The van der Waals surface area contributed by atoms with Crippen LogP contribution >= 0.6 is 11.6 Å². The average Bonchev–Trinajstić information content (AvgIpc) is 2.91. The van der Waals surface area contributed by atoms with Crippen molar-refractivity contribution in [2.24, 2.45) is 5.92 Å². The summed E-state index contributed by atoms with van der Waals surface area (Å²) in [5, 5.41) is 9.19. The average molecular weight is 407 g/mol. The smallest absolute Gasteiger partial charge is 0.337 e. The van der Waals surface area contributed by atoms with Gasteiger partial charge in [0.25, 0.3) is 5.92 Å². The molecule has 1 N–H and O–H groups in total. The number of carboxylic acids is 1. The van der Waals surface area contributed by atoms with Crippen LogP contribution < -0.4 is 0 Å². The van der Waals surface area contributed by atoms with Gasteiger partial charge in [-0.05, 0) is 38.2 Å². The maximum absolute atomic E-state index is 14.2. The molecule has 0 atom stereocenters. The van der Waals surface area contributed by atoms with Gasteiger partial charge in [-0.2, -0.15) is 8.78 Å². The molecule has 0 unspecified atom stereocenters. The lowest BCUT2D eigenvalue weighted by Crippen LogP contribution is -2.26. The van der Waals surface area contributed by atoms with E-state index in [0.29, 0.717) is 6.92 Å². The van der Waals surface area contributed by atoms with Crippen molar-refractivity contribution in [1.29, 1.82) is 0 Å². The SMILES string of the molecule is Cc1c(Cl)c(C(=O)O)cc2nc(C(C)(F)F)c(CC3CCC(F)(F)CC3)n12. The lowest BCUT2D eigenvalue weighted by Gasteiger charge is -2.28. The summed E-state index contributed by atoms with van der Waals surface area (Å²) < 4.78 is 56.6. The Bertz CT molecular complexity index is 895. The number of carboxylic acid groups (broad SMARTS) is 1. The van der Waals surface area contributed by atoms with Gasteiger partial charge in [0.1, 0.15) is 11.3 Å². The van der Waals surface area contributed by atoms with Crippen molar-refractivity contribution in [3.63, 3.8) is 0 Å². The second-order valence-electron chi connectivity index (χ2n) is 7.26. The standard InChI is InChI=1S/C18H19ClF4N2O2/c1-9-14(19)11(16(26)27)8-13-24-15(17(2,20)21)12(25(9)13)7-10-3-5-18(22,23)6-4-10/h8,10H,3-7H2,1-2H3,(H,26,27). The molecular formula is C18H19ClF4N2O2. The number of alkyl halides is 4. The molecule has 2 aromatic rings. The molecule has 1 saturated carbocycles. The topological polar surface area (TPSA) is 54.6 Å². The van der Waals surface area contributed by atoms with E-state index in [9.17, 15) is 27.5 Å². The molecule has 2 heterocycles. The van der Waals surface area contributed by atoms with Crippen LogP contribution in [0.25, 0.3) is 5.65 Å². The van der Waals surface area contributed by atoms with E-state index < -0.39 is 23.5 Å². The first-order valence-electron chi connectivity index (χ1n) is 8.60. The number of rotatable bonds is 4. The number of aromatic nitrogens is 2. The number of pyridine rings is 1. The Morgan fingerprint density at radius 3 is 2.52 bits per heavy atom. The van der Waals surface area contributed by atoms with Crippen LogP contribution in [0.15, 0.2) is 6.07 Å². The Balaban J connectivity index is 2.12. The van der Waals surface area contributed by atoms with E-state index in [2.05, 4.69) is 4.98 Å². The Labute approximate surface area is 158 Å². The molecule has 0 aliphatic heterocycles.